The van der Waals surface area contributed by atoms with Gasteiger partial charge in [0.25, 0.3) is 0 Å². The minimum absolute atomic E-state index is 0.225. The van der Waals surface area contributed by atoms with Crippen molar-refractivity contribution in [2.45, 2.75) is 52.4 Å². The molecule has 0 radical (unpaired) electrons. The first-order valence-corrected chi connectivity index (χ1v) is 10.5. The lowest BCUT2D eigenvalue weighted by Gasteiger charge is -2.10. The highest BCUT2D eigenvalue weighted by molar-refractivity contribution is 5.65. The molecule has 0 amide bonds. The normalized spacial score (nSPS) is 11.1. The lowest BCUT2D eigenvalue weighted by Crippen LogP contribution is -2.01. The molecule has 0 saturated heterocycles. The highest BCUT2D eigenvalue weighted by Gasteiger charge is 2.15. The zero-order valence-corrected chi connectivity index (χ0v) is 17.4. The first-order chi connectivity index (χ1) is 14.5. The number of halogens is 4. The van der Waals surface area contributed by atoms with Crippen LogP contribution in [0.25, 0.3) is 11.1 Å². The summed E-state index contributed by atoms with van der Waals surface area (Å²) in [6.07, 6.45) is 3.59. The van der Waals surface area contributed by atoms with E-state index in [2.05, 4.69) is 0 Å². The molecule has 158 valence electrons. The van der Waals surface area contributed by atoms with Crippen LogP contribution in [0.15, 0.2) is 48.5 Å². The molecule has 0 aliphatic rings. The van der Waals surface area contributed by atoms with E-state index in [-0.39, 0.29) is 5.56 Å². The zero-order valence-electron chi connectivity index (χ0n) is 17.4. The van der Waals surface area contributed by atoms with Crippen molar-refractivity contribution in [2.24, 2.45) is 0 Å². The van der Waals surface area contributed by atoms with Crippen LogP contribution in [0.2, 0.25) is 0 Å². The number of aryl methyl sites for hydroxylation is 4. The fourth-order valence-corrected chi connectivity index (χ4v) is 3.60. The first kappa shape index (κ1) is 22.1. The molecule has 4 heteroatoms. The third-order valence-corrected chi connectivity index (χ3v) is 5.53. The van der Waals surface area contributed by atoms with Crippen LogP contribution in [0.5, 0.6) is 0 Å². The summed E-state index contributed by atoms with van der Waals surface area (Å²) in [5.74, 6) is -3.17. The van der Waals surface area contributed by atoms with Gasteiger partial charge in [-0.3, -0.25) is 0 Å². The molecule has 0 atom stereocenters. The summed E-state index contributed by atoms with van der Waals surface area (Å²) in [6, 6.07) is 13.6. The fraction of sp³-hybridized carbons (Fsp3) is 0.308. The molecule has 0 aliphatic carbocycles. The summed E-state index contributed by atoms with van der Waals surface area (Å²) < 4.78 is 57.0. The van der Waals surface area contributed by atoms with E-state index in [1.807, 2.05) is 19.1 Å². The molecule has 3 aromatic carbocycles. The highest BCUT2D eigenvalue weighted by atomic mass is 19.2. The minimum atomic E-state index is -0.829. The van der Waals surface area contributed by atoms with Gasteiger partial charge in [-0.2, -0.15) is 0 Å². The average Bonchev–Trinajstić information content (AvgIpc) is 2.76. The Morgan fingerprint density at radius 1 is 0.567 bits per heavy atom. The second-order valence-electron chi connectivity index (χ2n) is 7.57. The van der Waals surface area contributed by atoms with Crippen molar-refractivity contribution in [1.82, 2.24) is 0 Å². The van der Waals surface area contributed by atoms with Crippen LogP contribution in [0, 0.1) is 23.3 Å². The van der Waals surface area contributed by atoms with Crippen molar-refractivity contribution < 1.29 is 17.6 Å². The van der Waals surface area contributed by atoms with Gasteiger partial charge in [0.15, 0.2) is 23.3 Å². The maximum atomic E-state index is 14.5. The second-order valence-corrected chi connectivity index (χ2v) is 7.57. The van der Waals surface area contributed by atoms with E-state index in [9.17, 15) is 17.6 Å². The van der Waals surface area contributed by atoms with E-state index < -0.39 is 23.3 Å². The van der Waals surface area contributed by atoms with Crippen LogP contribution >= 0.6 is 0 Å². The van der Waals surface area contributed by atoms with Gasteiger partial charge >= 0.3 is 0 Å². The third-order valence-electron chi connectivity index (χ3n) is 5.53. The number of hydrogen-bond donors (Lipinski definition) is 0. The molecule has 0 spiro atoms. The molecule has 0 nitrogen and oxygen atoms in total. The van der Waals surface area contributed by atoms with Gasteiger partial charge in [0.2, 0.25) is 0 Å². The molecule has 0 aromatic heterocycles. The Balaban J connectivity index is 1.73. The van der Waals surface area contributed by atoms with Gasteiger partial charge < -0.3 is 0 Å². The SMILES string of the molecule is CCCCc1ccc(-c2ccc(CCc3ccc(CC)c(F)c3F)cc2)c(F)c1F. The molecule has 0 unspecified atom stereocenters. The summed E-state index contributed by atoms with van der Waals surface area (Å²) in [6.45, 7) is 3.79. The van der Waals surface area contributed by atoms with E-state index in [0.29, 0.717) is 47.9 Å². The molecule has 3 aromatic rings. The predicted octanol–water partition coefficient (Wildman–Crippen LogP) is 7.60. The number of rotatable bonds is 8. The van der Waals surface area contributed by atoms with E-state index in [1.54, 1.807) is 43.3 Å². The molecular formula is C26H26F4. The van der Waals surface area contributed by atoms with Crippen molar-refractivity contribution in [1.29, 1.82) is 0 Å². The Bertz CT molecular complexity index is 1010. The summed E-state index contributed by atoms with van der Waals surface area (Å²) in [4.78, 5) is 0. The lowest BCUT2D eigenvalue weighted by atomic mass is 9.97. The van der Waals surface area contributed by atoms with Gasteiger partial charge in [-0.15, -0.1) is 0 Å². The Hall–Kier alpha value is -2.62. The van der Waals surface area contributed by atoms with Crippen LogP contribution in [0.3, 0.4) is 0 Å². The van der Waals surface area contributed by atoms with E-state index >= 15 is 0 Å². The average molecular weight is 414 g/mol. The molecule has 3 rings (SSSR count). The summed E-state index contributed by atoms with van der Waals surface area (Å²) in [5.41, 5.74) is 2.83. The molecule has 30 heavy (non-hydrogen) atoms. The molecule has 0 saturated carbocycles. The van der Waals surface area contributed by atoms with E-state index in [1.165, 1.54) is 0 Å². The molecule has 0 bridgehead atoms. The smallest absolute Gasteiger partial charge is 0.166 e. The van der Waals surface area contributed by atoms with Crippen molar-refractivity contribution in [3.05, 3.63) is 94.1 Å². The molecular weight excluding hydrogens is 388 g/mol. The maximum Gasteiger partial charge on any atom is 0.166 e. The molecule has 0 heterocycles. The van der Waals surface area contributed by atoms with Crippen molar-refractivity contribution in [2.75, 3.05) is 0 Å². The topological polar surface area (TPSA) is 0 Å². The van der Waals surface area contributed by atoms with Gasteiger partial charge in [-0.05, 0) is 59.9 Å². The zero-order chi connectivity index (χ0) is 21.7. The largest absolute Gasteiger partial charge is 0.203 e. The number of unbranched alkanes of at least 4 members (excludes halogenated alkanes) is 1. The minimum Gasteiger partial charge on any atom is -0.203 e. The van der Waals surface area contributed by atoms with Crippen LogP contribution in [-0.2, 0) is 25.7 Å². The van der Waals surface area contributed by atoms with Gasteiger partial charge in [0.05, 0.1) is 0 Å². The Labute approximate surface area is 175 Å². The van der Waals surface area contributed by atoms with Crippen LogP contribution in [0.4, 0.5) is 17.6 Å². The molecule has 0 N–H and O–H groups in total. The monoisotopic (exact) mass is 414 g/mol. The second kappa shape index (κ2) is 9.92. The lowest BCUT2D eigenvalue weighted by molar-refractivity contribution is 0.490. The van der Waals surface area contributed by atoms with Crippen LogP contribution in [0.1, 0.15) is 48.9 Å². The molecule has 0 fully saturated rings. The van der Waals surface area contributed by atoms with Gasteiger partial charge in [-0.1, -0.05) is 68.8 Å². The van der Waals surface area contributed by atoms with Crippen LogP contribution in [-0.4, -0.2) is 0 Å². The van der Waals surface area contributed by atoms with Gasteiger partial charge in [0.1, 0.15) is 0 Å². The third kappa shape index (κ3) is 4.75. The summed E-state index contributed by atoms with van der Waals surface area (Å²) in [5, 5.41) is 0. The fourth-order valence-electron chi connectivity index (χ4n) is 3.60. The van der Waals surface area contributed by atoms with Crippen molar-refractivity contribution in [3.63, 3.8) is 0 Å². The Kier molecular flexibility index (Phi) is 7.30. The predicted molar refractivity (Wildman–Crippen MR) is 114 cm³/mol. The summed E-state index contributed by atoms with van der Waals surface area (Å²) in [7, 11) is 0. The quantitative estimate of drug-likeness (QED) is 0.333. The van der Waals surface area contributed by atoms with Crippen molar-refractivity contribution in [3.8, 4) is 11.1 Å². The Morgan fingerprint density at radius 2 is 1.13 bits per heavy atom. The standard InChI is InChI=1S/C26H26F4/c1-3-5-6-20-15-16-22(26(30)25(20)29)19-10-7-17(8-11-19)9-12-21-14-13-18(4-2)23(27)24(21)28/h7-8,10-11,13-16H,3-6,9,12H2,1-2H3. The van der Waals surface area contributed by atoms with E-state index in [4.69, 9.17) is 0 Å². The molecule has 0 aliphatic heterocycles. The summed E-state index contributed by atoms with van der Waals surface area (Å²) >= 11 is 0. The van der Waals surface area contributed by atoms with E-state index in [0.717, 1.165) is 18.4 Å². The van der Waals surface area contributed by atoms with Crippen molar-refractivity contribution >= 4 is 0 Å². The number of hydrogen-bond acceptors (Lipinski definition) is 0. The van der Waals surface area contributed by atoms with Crippen LogP contribution < -0.4 is 0 Å². The van der Waals surface area contributed by atoms with Gasteiger partial charge in [0, 0.05) is 5.56 Å². The number of benzene rings is 3. The Morgan fingerprint density at radius 3 is 1.80 bits per heavy atom. The van der Waals surface area contributed by atoms with Gasteiger partial charge in [-0.25, -0.2) is 17.6 Å². The maximum absolute atomic E-state index is 14.5. The highest BCUT2D eigenvalue weighted by Crippen LogP contribution is 2.28. The first-order valence-electron chi connectivity index (χ1n) is 10.5.